The van der Waals surface area contributed by atoms with Gasteiger partial charge in [-0.1, -0.05) is 18.5 Å². The number of hydrogen-bond donors (Lipinski definition) is 2. The van der Waals surface area contributed by atoms with Crippen molar-refractivity contribution in [3.8, 4) is 0 Å². The molecule has 2 N–H and O–H groups in total. The van der Waals surface area contributed by atoms with E-state index in [-0.39, 0.29) is 29.1 Å². The predicted molar refractivity (Wildman–Crippen MR) is 115 cm³/mol. The Hall–Kier alpha value is -2.88. The minimum atomic E-state index is -4.53. The number of anilines is 2. The van der Waals surface area contributed by atoms with Crippen molar-refractivity contribution in [1.29, 1.82) is 0 Å². The standard InChI is InChI=1S/C21H23ClF3N5O2/c1-4-17(31)28-16-8-13(7-12(2)27-16)19(32)29-20(3)5-6-30(11-20)18-15(22)9-14(10-26-18)21(23,24)25/h7-10H,4-6,11H2,1-3H3,(H,29,32)(H,27,28,31). The first-order valence-electron chi connectivity index (χ1n) is 9.99. The van der Waals surface area contributed by atoms with Crippen molar-refractivity contribution in [2.75, 3.05) is 23.3 Å². The molecule has 0 aromatic carbocycles. The van der Waals surface area contributed by atoms with Gasteiger partial charge in [-0.05, 0) is 38.5 Å². The molecule has 3 rings (SSSR count). The molecule has 1 aliphatic heterocycles. The zero-order chi connectivity index (χ0) is 23.7. The average molecular weight is 470 g/mol. The van der Waals surface area contributed by atoms with Gasteiger partial charge in [0.1, 0.15) is 11.6 Å². The lowest BCUT2D eigenvalue weighted by Gasteiger charge is -2.27. The summed E-state index contributed by atoms with van der Waals surface area (Å²) in [7, 11) is 0. The lowest BCUT2D eigenvalue weighted by molar-refractivity contribution is -0.137. The van der Waals surface area contributed by atoms with E-state index < -0.39 is 17.3 Å². The molecule has 1 aliphatic rings. The summed E-state index contributed by atoms with van der Waals surface area (Å²) in [5.74, 6) is -0.0324. The topological polar surface area (TPSA) is 87.2 Å². The number of aryl methyl sites for hydroxylation is 1. The third-order valence-electron chi connectivity index (χ3n) is 5.14. The van der Waals surface area contributed by atoms with Crippen molar-refractivity contribution < 1.29 is 22.8 Å². The van der Waals surface area contributed by atoms with Crippen molar-refractivity contribution in [2.24, 2.45) is 0 Å². The number of carbonyl (C=O) groups excluding carboxylic acids is 2. The Morgan fingerprint density at radius 2 is 2.00 bits per heavy atom. The van der Waals surface area contributed by atoms with E-state index in [0.717, 1.165) is 12.3 Å². The highest BCUT2D eigenvalue weighted by molar-refractivity contribution is 6.33. The van der Waals surface area contributed by atoms with Gasteiger partial charge in [-0.15, -0.1) is 0 Å². The van der Waals surface area contributed by atoms with Crippen molar-refractivity contribution in [2.45, 2.75) is 45.3 Å². The highest BCUT2D eigenvalue weighted by Gasteiger charge is 2.38. The van der Waals surface area contributed by atoms with Crippen LogP contribution in [0.5, 0.6) is 0 Å². The number of rotatable bonds is 5. The number of halogens is 4. The van der Waals surface area contributed by atoms with Gasteiger partial charge in [0.25, 0.3) is 5.91 Å². The Morgan fingerprint density at radius 1 is 1.28 bits per heavy atom. The Morgan fingerprint density at radius 3 is 2.62 bits per heavy atom. The Labute approximate surface area is 188 Å². The molecule has 11 heteroatoms. The fourth-order valence-corrected chi connectivity index (χ4v) is 3.79. The number of amides is 2. The molecule has 2 amide bonds. The molecule has 32 heavy (non-hydrogen) atoms. The van der Waals surface area contributed by atoms with Gasteiger partial charge in [-0.2, -0.15) is 13.2 Å². The van der Waals surface area contributed by atoms with Crippen LogP contribution in [0.2, 0.25) is 5.02 Å². The monoisotopic (exact) mass is 469 g/mol. The molecule has 0 bridgehead atoms. The second-order valence-electron chi connectivity index (χ2n) is 8.00. The summed E-state index contributed by atoms with van der Waals surface area (Å²) in [6.45, 7) is 6.05. The van der Waals surface area contributed by atoms with E-state index in [9.17, 15) is 22.8 Å². The molecular formula is C21H23ClF3N5O2. The Balaban J connectivity index is 1.73. The van der Waals surface area contributed by atoms with Gasteiger partial charge in [0, 0.05) is 37.0 Å². The summed E-state index contributed by atoms with van der Waals surface area (Å²) in [6, 6.07) is 3.96. The molecular weight excluding hydrogens is 447 g/mol. The largest absolute Gasteiger partial charge is 0.417 e. The number of aromatic nitrogens is 2. The van der Waals surface area contributed by atoms with Crippen LogP contribution in [0.4, 0.5) is 24.8 Å². The third kappa shape index (κ3) is 5.48. The van der Waals surface area contributed by atoms with E-state index in [4.69, 9.17) is 11.6 Å². The highest BCUT2D eigenvalue weighted by atomic mass is 35.5. The van der Waals surface area contributed by atoms with Gasteiger partial charge in [-0.3, -0.25) is 9.59 Å². The summed E-state index contributed by atoms with van der Waals surface area (Å²) in [6.07, 6.45) is -2.95. The van der Waals surface area contributed by atoms with Crippen LogP contribution >= 0.6 is 11.6 Å². The molecule has 0 aliphatic carbocycles. The lowest BCUT2D eigenvalue weighted by Crippen LogP contribution is -2.48. The number of nitrogens with zero attached hydrogens (tertiary/aromatic N) is 3. The molecule has 1 saturated heterocycles. The molecule has 0 saturated carbocycles. The number of alkyl halides is 3. The molecule has 7 nitrogen and oxygen atoms in total. The fourth-order valence-electron chi connectivity index (χ4n) is 3.50. The van der Waals surface area contributed by atoms with Crippen molar-refractivity contribution in [1.82, 2.24) is 15.3 Å². The third-order valence-corrected chi connectivity index (χ3v) is 5.42. The maximum Gasteiger partial charge on any atom is 0.417 e. The second-order valence-corrected chi connectivity index (χ2v) is 8.40. The highest BCUT2D eigenvalue weighted by Crippen LogP contribution is 2.35. The van der Waals surface area contributed by atoms with Gasteiger partial charge in [0.2, 0.25) is 5.91 Å². The zero-order valence-corrected chi connectivity index (χ0v) is 18.6. The maximum absolute atomic E-state index is 12.9. The van der Waals surface area contributed by atoms with Crippen LogP contribution < -0.4 is 15.5 Å². The number of carbonyl (C=O) groups is 2. The molecule has 1 atom stereocenters. The van der Waals surface area contributed by atoms with Gasteiger partial charge >= 0.3 is 6.18 Å². The first-order chi connectivity index (χ1) is 14.9. The van der Waals surface area contributed by atoms with Crippen molar-refractivity contribution >= 4 is 35.1 Å². The van der Waals surface area contributed by atoms with Crippen LogP contribution in [0.15, 0.2) is 24.4 Å². The summed E-state index contributed by atoms with van der Waals surface area (Å²) in [5, 5.41) is 5.52. The number of nitrogens with one attached hydrogen (secondary N) is 2. The van der Waals surface area contributed by atoms with Gasteiger partial charge in [0.15, 0.2) is 0 Å². The number of pyridine rings is 2. The summed E-state index contributed by atoms with van der Waals surface area (Å²) in [4.78, 5) is 34.4. The molecule has 0 spiro atoms. The lowest BCUT2D eigenvalue weighted by atomic mass is 10.0. The fraction of sp³-hybridized carbons (Fsp3) is 0.429. The van der Waals surface area contributed by atoms with Crippen LogP contribution in [0.3, 0.4) is 0 Å². The van der Waals surface area contributed by atoms with Crippen molar-refractivity contribution in [3.05, 3.63) is 46.2 Å². The Bertz CT molecular complexity index is 1050. The summed E-state index contributed by atoms with van der Waals surface area (Å²) >= 11 is 6.07. The molecule has 172 valence electrons. The molecule has 3 heterocycles. The zero-order valence-electron chi connectivity index (χ0n) is 17.8. The van der Waals surface area contributed by atoms with E-state index in [1.54, 1.807) is 24.8 Å². The minimum absolute atomic E-state index is 0.100. The SMILES string of the molecule is CCC(=O)Nc1cc(C(=O)NC2(C)CCN(c3ncc(C(F)(F)F)cc3Cl)C2)cc(C)n1. The average Bonchev–Trinajstić information content (AvgIpc) is 3.07. The first kappa shape index (κ1) is 23.8. The van der Waals surface area contributed by atoms with Crippen LogP contribution in [-0.2, 0) is 11.0 Å². The maximum atomic E-state index is 12.9. The van der Waals surface area contributed by atoms with Crippen molar-refractivity contribution in [3.63, 3.8) is 0 Å². The molecule has 2 aromatic heterocycles. The number of hydrogen-bond acceptors (Lipinski definition) is 5. The second kappa shape index (κ2) is 8.93. The normalized spacial score (nSPS) is 18.5. The summed E-state index contributed by atoms with van der Waals surface area (Å²) < 4.78 is 38.6. The van der Waals surface area contributed by atoms with E-state index in [1.807, 2.05) is 6.92 Å². The van der Waals surface area contributed by atoms with Gasteiger partial charge < -0.3 is 15.5 Å². The minimum Gasteiger partial charge on any atom is -0.353 e. The van der Waals surface area contributed by atoms with Crippen LogP contribution in [0, 0.1) is 6.92 Å². The first-order valence-corrected chi connectivity index (χ1v) is 10.4. The van der Waals surface area contributed by atoms with E-state index >= 15 is 0 Å². The van der Waals surface area contributed by atoms with Crippen LogP contribution in [0.25, 0.3) is 0 Å². The smallest absolute Gasteiger partial charge is 0.353 e. The molecule has 1 fully saturated rings. The van der Waals surface area contributed by atoms with Crippen LogP contribution in [-0.4, -0.2) is 40.4 Å². The van der Waals surface area contributed by atoms with E-state index in [1.165, 1.54) is 6.07 Å². The Kier molecular flexibility index (Phi) is 6.64. The van der Waals surface area contributed by atoms with E-state index in [0.29, 0.717) is 36.6 Å². The molecule has 2 aromatic rings. The molecule has 0 radical (unpaired) electrons. The quantitative estimate of drug-likeness (QED) is 0.685. The van der Waals surface area contributed by atoms with Gasteiger partial charge in [-0.25, -0.2) is 9.97 Å². The van der Waals surface area contributed by atoms with Gasteiger partial charge in [0.05, 0.1) is 16.1 Å². The van der Waals surface area contributed by atoms with E-state index in [2.05, 4.69) is 20.6 Å². The molecule has 1 unspecified atom stereocenters. The predicted octanol–water partition coefficient (Wildman–Crippen LogP) is 4.20. The summed E-state index contributed by atoms with van der Waals surface area (Å²) in [5.41, 5.74) is -0.660. The van der Waals surface area contributed by atoms with Crippen LogP contribution in [0.1, 0.15) is 48.3 Å².